The van der Waals surface area contributed by atoms with Crippen molar-refractivity contribution >= 4 is 21.6 Å². The Morgan fingerprint density at radius 3 is 2.32 bits per heavy atom. The summed E-state index contributed by atoms with van der Waals surface area (Å²) in [6, 6.07) is 12.9. The zero-order chi connectivity index (χ0) is 20.6. The van der Waals surface area contributed by atoms with Crippen molar-refractivity contribution in [2.75, 3.05) is 30.8 Å². The highest BCUT2D eigenvalue weighted by molar-refractivity contribution is 7.92. The fourth-order valence-electron chi connectivity index (χ4n) is 2.70. The van der Waals surface area contributed by atoms with Gasteiger partial charge in [-0.1, -0.05) is 12.1 Å². The minimum absolute atomic E-state index is 0.148. The van der Waals surface area contributed by atoms with Crippen LogP contribution in [0.25, 0.3) is 0 Å². The number of methoxy groups -OCH3 is 1. The van der Waals surface area contributed by atoms with Crippen molar-refractivity contribution in [3.8, 4) is 5.75 Å². The van der Waals surface area contributed by atoms with Gasteiger partial charge in [-0.25, -0.2) is 12.8 Å². The van der Waals surface area contributed by atoms with E-state index in [0.717, 1.165) is 11.8 Å². The SMILES string of the molecule is COc1ccc(N(CCCC(=O)NCCc2ccc(F)cc2)S(C)(=O)=O)cc1. The fraction of sp³-hybridized carbons (Fsp3) is 0.350. The van der Waals surface area contributed by atoms with Crippen molar-refractivity contribution < 1.29 is 22.3 Å². The van der Waals surface area contributed by atoms with E-state index in [9.17, 15) is 17.6 Å². The number of halogens is 1. The van der Waals surface area contributed by atoms with E-state index in [0.29, 0.717) is 30.8 Å². The lowest BCUT2D eigenvalue weighted by Crippen LogP contribution is -2.32. The molecular weight excluding hydrogens is 383 g/mol. The minimum Gasteiger partial charge on any atom is -0.497 e. The number of nitrogens with one attached hydrogen (secondary N) is 1. The molecule has 0 bridgehead atoms. The minimum atomic E-state index is -3.46. The Hall–Kier alpha value is -2.61. The highest BCUT2D eigenvalue weighted by Gasteiger charge is 2.17. The Morgan fingerprint density at radius 2 is 1.75 bits per heavy atom. The molecule has 6 nitrogen and oxygen atoms in total. The van der Waals surface area contributed by atoms with Crippen LogP contribution in [0, 0.1) is 5.82 Å². The van der Waals surface area contributed by atoms with Crippen molar-refractivity contribution in [2.24, 2.45) is 0 Å². The normalized spacial score (nSPS) is 11.1. The number of nitrogens with zero attached hydrogens (tertiary/aromatic N) is 1. The maximum Gasteiger partial charge on any atom is 0.232 e. The van der Waals surface area contributed by atoms with E-state index in [1.54, 1.807) is 36.4 Å². The number of rotatable bonds is 10. The molecule has 28 heavy (non-hydrogen) atoms. The molecule has 0 atom stereocenters. The van der Waals surface area contributed by atoms with E-state index < -0.39 is 10.0 Å². The third kappa shape index (κ3) is 6.84. The average molecular weight is 408 g/mol. The van der Waals surface area contributed by atoms with Crippen LogP contribution in [-0.4, -0.2) is 40.8 Å². The number of carbonyl (C=O) groups is 1. The number of benzene rings is 2. The number of ether oxygens (including phenoxy) is 1. The van der Waals surface area contributed by atoms with Crippen molar-refractivity contribution in [1.29, 1.82) is 0 Å². The standard InChI is InChI=1S/C20H25FN2O4S/c1-27-19-11-9-18(10-12-19)23(28(2,25)26)15-3-4-20(24)22-14-13-16-5-7-17(21)8-6-16/h5-12H,3-4,13-15H2,1-2H3,(H,22,24). The molecule has 2 aromatic carbocycles. The van der Waals surface area contributed by atoms with Gasteiger partial charge in [0.25, 0.3) is 0 Å². The lowest BCUT2D eigenvalue weighted by molar-refractivity contribution is -0.121. The number of anilines is 1. The summed E-state index contributed by atoms with van der Waals surface area (Å²) in [6.07, 6.45) is 2.35. The lowest BCUT2D eigenvalue weighted by atomic mass is 10.1. The summed E-state index contributed by atoms with van der Waals surface area (Å²) in [4.78, 5) is 12.0. The van der Waals surface area contributed by atoms with Gasteiger partial charge in [0.15, 0.2) is 0 Å². The summed E-state index contributed by atoms with van der Waals surface area (Å²) in [5.41, 5.74) is 1.46. The largest absolute Gasteiger partial charge is 0.497 e. The van der Waals surface area contributed by atoms with Gasteiger partial charge in [0.05, 0.1) is 19.1 Å². The number of amides is 1. The van der Waals surface area contributed by atoms with Crippen LogP contribution in [-0.2, 0) is 21.2 Å². The molecule has 0 saturated heterocycles. The Morgan fingerprint density at radius 1 is 1.11 bits per heavy atom. The van der Waals surface area contributed by atoms with Gasteiger partial charge in [-0.15, -0.1) is 0 Å². The van der Waals surface area contributed by atoms with Gasteiger partial charge in [0.1, 0.15) is 11.6 Å². The molecule has 152 valence electrons. The second-order valence-electron chi connectivity index (χ2n) is 6.36. The van der Waals surface area contributed by atoms with Crippen LogP contribution in [0.4, 0.5) is 10.1 Å². The van der Waals surface area contributed by atoms with E-state index >= 15 is 0 Å². The summed E-state index contributed by atoms with van der Waals surface area (Å²) in [5, 5.41) is 2.80. The van der Waals surface area contributed by atoms with Crippen molar-refractivity contribution in [3.63, 3.8) is 0 Å². The molecule has 8 heteroatoms. The summed E-state index contributed by atoms with van der Waals surface area (Å²) in [6.45, 7) is 0.648. The predicted octanol–water partition coefficient (Wildman–Crippen LogP) is 2.74. The van der Waals surface area contributed by atoms with Gasteiger partial charge in [0.2, 0.25) is 15.9 Å². The van der Waals surface area contributed by atoms with Crippen LogP contribution >= 0.6 is 0 Å². The highest BCUT2D eigenvalue weighted by Crippen LogP contribution is 2.21. The third-order valence-electron chi connectivity index (χ3n) is 4.17. The molecule has 0 saturated carbocycles. The maximum atomic E-state index is 12.9. The Kier molecular flexibility index (Phi) is 7.80. The van der Waals surface area contributed by atoms with Gasteiger partial charge >= 0.3 is 0 Å². The molecule has 0 fully saturated rings. The van der Waals surface area contributed by atoms with E-state index in [1.807, 2.05) is 0 Å². The van der Waals surface area contributed by atoms with Gasteiger partial charge < -0.3 is 10.1 Å². The third-order valence-corrected chi connectivity index (χ3v) is 5.37. The van der Waals surface area contributed by atoms with Crippen molar-refractivity contribution in [1.82, 2.24) is 5.32 Å². The molecule has 1 N–H and O–H groups in total. The second kappa shape index (κ2) is 10.1. The van der Waals surface area contributed by atoms with Crippen LogP contribution in [0.1, 0.15) is 18.4 Å². The highest BCUT2D eigenvalue weighted by atomic mass is 32.2. The molecule has 0 spiro atoms. The molecule has 0 aliphatic rings. The molecule has 2 rings (SSSR count). The zero-order valence-electron chi connectivity index (χ0n) is 16.0. The first-order valence-electron chi connectivity index (χ1n) is 8.92. The molecule has 0 aliphatic carbocycles. The Labute approximate surface area is 165 Å². The smallest absolute Gasteiger partial charge is 0.232 e. The van der Waals surface area contributed by atoms with E-state index in [2.05, 4.69) is 5.32 Å². The van der Waals surface area contributed by atoms with Gasteiger partial charge in [0, 0.05) is 19.5 Å². The molecular formula is C20H25FN2O4S. The van der Waals surface area contributed by atoms with Gasteiger partial charge in [-0.05, 0) is 54.8 Å². The molecule has 0 aromatic heterocycles. The number of carbonyl (C=O) groups excluding carboxylic acids is 1. The van der Waals surface area contributed by atoms with E-state index in [-0.39, 0.29) is 24.7 Å². The molecule has 0 radical (unpaired) electrons. The van der Waals surface area contributed by atoms with Crippen LogP contribution < -0.4 is 14.4 Å². The first-order valence-corrected chi connectivity index (χ1v) is 10.8. The summed E-state index contributed by atoms with van der Waals surface area (Å²) >= 11 is 0. The molecule has 0 aliphatic heterocycles. The Balaban J connectivity index is 1.80. The molecule has 0 unspecified atom stereocenters. The van der Waals surface area contributed by atoms with Crippen LogP contribution in [0.3, 0.4) is 0 Å². The van der Waals surface area contributed by atoms with Crippen LogP contribution in [0.15, 0.2) is 48.5 Å². The predicted molar refractivity (Wildman–Crippen MR) is 108 cm³/mol. The van der Waals surface area contributed by atoms with Gasteiger partial charge in [-0.3, -0.25) is 9.10 Å². The molecule has 2 aromatic rings. The first kappa shape index (κ1) is 21.7. The number of hydrogen-bond donors (Lipinski definition) is 1. The Bertz CT molecular complexity index is 868. The van der Waals surface area contributed by atoms with Crippen LogP contribution in [0.2, 0.25) is 0 Å². The quantitative estimate of drug-likeness (QED) is 0.656. The topological polar surface area (TPSA) is 75.7 Å². The van der Waals surface area contributed by atoms with E-state index in [1.165, 1.54) is 23.5 Å². The van der Waals surface area contributed by atoms with E-state index in [4.69, 9.17) is 4.74 Å². The lowest BCUT2D eigenvalue weighted by Gasteiger charge is -2.22. The first-order chi connectivity index (χ1) is 13.3. The molecule has 1 amide bonds. The monoisotopic (exact) mass is 408 g/mol. The fourth-order valence-corrected chi connectivity index (χ4v) is 3.67. The summed E-state index contributed by atoms with van der Waals surface area (Å²) < 4.78 is 43.4. The zero-order valence-corrected chi connectivity index (χ0v) is 16.8. The average Bonchev–Trinajstić information content (AvgIpc) is 2.66. The summed E-state index contributed by atoms with van der Waals surface area (Å²) in [5.74, 6) is 0.197. The van der Waals surface area contributed by atoms with Crippen LogP contribution in [0.5, 0.6) is 5.75 Å². The maximum absolute atomic E-state index is 12.9. The molecule has 0 heterocycles. The number of hydrogen-bond acceptors (Lipinski definition) is 4. The van der Waals surface area contributed by atoms with Crippen molar-refractivity contribution in [2.45, 2.75) is 19.3 Å². The van der Waals surface area contributed by atoms with Crippen molar-refractivity contribution in [3.05, 3.63) is 59.9 Å². The van der Waals surface area contributed by atoms with Gasteiger partial charge in [-0.2, -0.15) is 0 Å². The number of sulfonamides is 1. The second-order valence-corrected chi connectivity index (χ2v) is 8.27. The summed E-state index contributed by atoms with van der Waals surface area (Å²) in [7, 11) is -1.92.